The van der Waals surface area contributed by atoms with Crippen LogP contribution in [0.5, 0.6) is 5.75 Å². The van der Waals surface area contributed by atoms with Gasteiger partial charge < -0.3 is 25.2 Å². The van der Waals surface area contributed by atoms with Crippen molar-refractivity contribution in [2.75, 3.05) is 13.7 Å². The molecule has 0 atom stereocenters. The van der Waals surface area contributed by atoms with Crippen LogP contribution in [0.2, 0.25) is 0 Å². The number of aliphatic hydroxyl groups excluding tert-OH is 1. The summed E-state index contributed by atoms with van der Waals surface area (Å²) in [6, 6.07) is 14.1. The van der Waals surface area contributed by atoms with Crippen LogP contribution >= 0.6 is 0 Å². The van der Waals surface area contributed by atoms with Crippen molar-refractivity contribution >= 4 is 12.0 Å². The highest BCUT2D eigenvalue weighted by atomic mass is 19.4. The minimum Gasteiger partial charge on any atom is -0.445 e. The van der Waals surface area contributed by atoms with Gasteiger partial charge in [-0.3, -0.25) is 4.79 Å². The summed E-state index contributed by atoms with van der Waals surface area (Å²) in [6.07, 6.45) is -5.49. The van der Waals surface area contributed by atoms with E-state index in [0.29, 0.717) is 5.56 Å². The molecule has 7 nitrogen and oxygen atoms in total. The fourth-order valence-corrected chi connectivity index (χ4v) is 2.00. The fraction of sp³-hybridized carbons (Fsp3) is 0.263. The van der Waals surface area contributed by atoms with E-state index in [1.807, 2.05) is 18.2 Å². The van der Waals surface area contributed by atoms with E-state index in [1.54, 1.807) is 12.1 Å². The van der Waals surface area contributed by atoms with Gasteiger partial charge in [0, 0.05) is 13.7 Å². The Balaban J connectivity index is 0.00000204. The smallest absolute Gasteiger partial charge is 0.445 e. The lowest BCUT2D eigenvalue weighted by atomic mass is 10.2. The molecule has 0 fully saturated rings. The normalized spacial score (nSPS) is 10.2. The Morgan fingerprint density at radius 3 is 2.14 bits per heavy atom. The molecule has 2 rings (SSSR count). The number of benzene rings is 2. The molecule has 0 saturated heterocycles. The standard InChI is InChI=1S/C18H17F3N2O4.CH4O/c19-18(20,21)27-15-8-6-13(7-9-15)10-22-16(24)11-23-17(25)26-12-14-4-2-1-3-5-14;1-2/h1-9H,10-12H2,(H,22,24)(H,23,25);2H,1H3. The molecule has 2 aromatic carbocycles. The summed E-state index contributed by atoms with van der Waals surface area (Å²) >= 11 is 0. The fourth-order valence-electron chi connectivity index (χ4n) is 2.00. The summed E-state index contributed by atoms with van der Waals surface area (Å²) in [5.41, 5.74) is 1.39. The maximum atomic E-state index is 12.1. The van der Waals surface area contributed by atoms with E-state index in [-0.39, 0.29) is 25.4 Å². The van der Waals surface area contributed by atoms with Gasteiger partial charge in [0.25, 0.3) is 0 Å². The first-order valence-electron chi connectivity index (χ1n) is 8.32. The lowest BCUT2D eigenvalue weighted by molar-refractivity contribution is -0.274. The summed E-state index contributed by atoms with van der Waals surface area (Å²) in [4.78, 5) is 23.2. The van der Waals surface area contributed by atoms with Crippen molar-refractivity contribution in [3.63, 3.8) is 0 Å². The molecular weight excluding hydrogens is 393 g/mol. The molecule has 0 aliphatic heterocycles. The highest BCUT2D eigenvalue weighted by Gasteiger charge is 2.30. The molecule has 0 aromatic heterocycles. The number of amides is 2. The first kappa shape index (κ1) is 23.8. The van der Waals surface area contributed by atoms with Crippen LogP contribution in [0.3, 0.4) is 0 Å². The van der Waals surface area contributed by atoms with Crippen LogP contribution in [0.25, 0.3) is 0 Å². The largest absolute Gasteiger partial charge is 0.573 e. The van der Waals surface area contributed by atoms with E-state index >= 15 is 0 Å². The quantitative estimate of drug-likeness (QED) is 0.648. The predicted octanol–water partition coefficient (Wildman–Crippen LogP) is 2.74. The van der Waals surface area contributed by atoms with Gasteiger partial charge in [-0.25, -0.2) is 4.79 Å². The molecule has 2 aromatic rings. The van der Waals surface area contributed by atoms with Gasteiger partial charge in [0.2, 0.25) is 5.91 Å². The average molecular weight is 414 g/mol. The SMILES string of the molecule is CO.O=C(CNC(=O)OCc1ccccc1)NCc1ccc(OC(F)(F)F)cc1. The summed E-state index contributed by atoms with van der Waals surface area (Å²) in [5, 5.41) is 11.8. The van der Waals surface area contributed by atoms with E-state index in [9.17, 15) is 22.8 Å². The molecule has 0 radical (unpaired) electrons. The van der Waals surface area contributed by atoms with Crippen molar-refractivity contribution in [2.45, 2.75) is 19.5 Å². The zero-order valence-corrected chi connectivity index (χ0v) is 15.5. The molecule has 3 N–H and O–H groups in total. The maximum Gasteiger partial charge on any atom is 0.573 e. The molecule has 0 aliphatic rings. The van der Waals surface area contributed by atoms with Crippen molar-refractivity contribution in [1.29, 1.82) is 0 Å². The molecule has 0 unspecified atom stereocenters. The highest BCUT2D eigenvalue weighted by Crippen LogP contribution is 2.22. The van der Waals surface area contributed by atoms with Crippen LogP contribution in [0.1, 0.15) is 11.1 Å². The molecule has 0 aliphatic carbocycles. The molecule has 0 heterocycles. The third-order valence-electron chi connectivity index (χ3n) is 3.25. The Labute approximate surface area is 165 Å². The molecular formula is C19H21F3N2O5. The highest BCUT2D eigenvalue weighted by molar-refractivity contribution is 5.82. The summed E-state index contributed by atoms with van der Waals surface area (Å²) in [7, 11) is 1.00. The van der Waals surface area contributed by atoms with E-state index in [1.165, 1.54) is 12.1 Å². The second-order valence-corrected chi connectivity index (χ2v) is 5.38. The monoisotopic (exact) mass is 414 g/mol. The van der Waals surface area contributed by atoms with Crippen LogP contribution < -0.4 is 15.4 Å². The number of hydrogen-bond donors (Lipinski definition) is 3. The third kappa shape index (κ3) is 10.6. The molecule has 0 bridgehead atoms. The van der Waals surface area contributed by atoms with Gasteiger partial charge in [0.15, 0.2) is 0 Å². The van der Waals surface area contributed by atoms with E-state index < -0.39 is 18.4 Å². The third-order valence-corrected chi connectivity index (χ3v) is 3.25. The number of alkyl halides is 3. The Hall–Kier alpha value is -3.27. The van der Waals surface area contributed by atoms with Gasteiger partial charge in [-0.05, 0) is 23.3 Å². The molecule has 29 heavy (non-hydrogen) atoms. The number of rotatable bonds is 7. The summed E-state index contributed by atoms with van der Waals surface area (Å²) in [6.45, 7) is -0.116. The van der Waals surface area contributed by atoms with Crippen LogP contribution in [0.4, 0.5) is 18.0 Å². The Morgan fingerprint density at radius 2 is 1.55 bits per heavy atom. The molecule has 0 spiro atoms. The molecule has 0 saturated carbocycles. The Morgan fingerprint density at radius 1 is 0.931 bits per heavy atom. The van der Waals surface area contributed by atoms with Crippen molar-refractivity contribution < 1.29 is 37.3 Å². The van der Waals surface area contributed by atoms with Gasteiger partial charge in [0.1, 0.15) is 18.9 Å². The average Bonchev–Trinajstić information content (AvgIpc) is 2.71. The number of halogens is 3. The maximum absolute atomic E-state index is 12.1. The summed E-state index contributed by atoms with van der Waals surface area (Å²) in [5.74, 6) is -0.817. The number of nitrogens with one attached hydrogen (secondary N) is 2. The van der Waals surface area contributed by atoms with Crippen molar-refractivity contribution in [3.8, 4) is 5.75 Å². The number of alkyl carbamates (subject to hydrolysis) is 1. The van der Waals surface area contributed by atoms with E-state index in [2.05, 4.69) is 15.4 Å². The second-order valence-electron chi connectivity index (χ2n) is 5.38. The van der Waals surface area contributed by atoms with Crippen LogP contribution in [0.15, 0.2) is 54.6 Å². The van der Waals surface area contributed by atoms with Crippen molar-refractivity contribution in [1.82, 2.24) is 10.6 Å². The van der Waals surface area contributed by atoms with Crippen LogP contribution in [-0.2, 0) is 22.7 Å². The van der Waals surface area contributed by atoms with E-state index in [4.69, 9.17) is 9.84 Å². The number of carbonyl (C=O) groups excluding carboxylic acids is 2. The number of carbonyl (C=O) groups is 2. The molecule has 158 valence electrons. The minimum absolute atomic E-state index is 0.0840. The molecule has 10 heteroatoms. The first-order chi connectivity index (χ1) is 13.8. The van der Waals surface area contributed by atoms with Gasteiger partial charge in [-0.1, -0.05) is 42.5 Å². The molecule has 2 amide bonds. The van der Waals surface area contributed by atoms with Crippen LogP contribution in [0, 0.1) is 0 Å². The Kier molecular flexibility index (Phi) is 10.0. The van der Waals surface area contributed by atoms with E-state index in [0.717, 1.165) is 24.8 Å². The zero-order valence-electron chi connectivity index (χ0n) is 15.5. The van der Waals surface area contributed by atoms with Gasteiger partial charge in [-0.15, -0.1) is 13.2 Å². The van der Waals surface area contributed by atoms with Crippen LogP contribution in [-0.4, -0.2) is 37.1 Å². The van der Waals surface area contributed by atoms with Gasteiger partial charge in [-0.2, -0.15) is 0 Å². The lowest BCUT2D eigenvalue weighted by Crippen LogP contribution is -2.36. The van der Waals surface area contributed by atoms with Gasteiger partial charge in [0.05, 0.1) is 0 Å². The van der Waals surface area contributed by atoms with Gasteiger partial charge >= 0.3 is 12.5 Å². The van der Waals surface area contributed by atoms with Crippen molar-refractivity contribution in [3.05, 3.63) is 65.7 Å². The number of aliphatic hydroxyl groups is 1. The minimum atomic E-state index is -4.75. The summed E-state index contributed by atoms with van der Waals surface area (Å²) < 4.78 is 44.9. The number of ether oxygens (including phenoxy) is 2. The number of hydrogen-bond acceptors (Lipinski definition) is 5. The second kappa shape index (κ2) is 12.2. The Bertz CT molecular complexity index is 753. The topological polar surface area (TPSA) is 96.9 Å². The lowest BCUT2D eigenvalue weighted by Gasteiger charge is -2.10. The first-order valence-corrected chi connectivity index (χ1v) is 8.32. The zero-order chi connectivity index (χ0) is 21.7. The predicted molar refractivity (Wildman–Crippen MR) is 97.7 cm³/mol. The van der Waals surface area contributed by atoms with Crippen molar-refractivity contribution in [2.24, 2.45) is 0 Å².